The van der Waals surface area contributed by atoms with Crippen LogP contribution in [0.1, 0.15) is 18.1 Å². The number of rotatable bonds is 4. The van der Waals surface area contributed by atoms with E-state index in [1.165, 1.54) is 0 Å². The molecule has 2 rings (SSSR count). The van der Waals surface area contributed by atoms with Gasteiger partial charge in [-0.25, -0.2) is 8.78 Å². The minimum Gasteiger partial charge on any atom is -0.374 e. The molecule has 2 aromatic rings. The van der Waals surface area contributed by atoms with Crippen LogP contribution in [0.3, 0.4) is 0 Å². The zero-order valence-corrected chi connectivity index (χ0v) is 12.7. The first-order valence-electron chi connectivity index (χ1n) is 6.97. The quantitative estimate of drug-likeness (QED) is 0.895. The SMILES string of the molecule is Cc1cccc(NC(C)C(=O)Nc2cc(F)ccc2F)c1C. The van der Waals surface area contributed by atoms with Crippen molar-refractivity contribution in [1.29, 1.82) is 0 Å². The number of hydrogen-bond donors (Lipinski definition) is 2. The molecule has 0 saturated carbocycles. The number of halogens is 2. The molecule has 1 atom stereocenters. The van der Waals surface area contributed by atoms with E-state index in [4.69, 9.17) is 0 Å². The summed E-state index contributed by atoms with van der Waals surface area (Å²) >= 11 is 0. The molecule has 0 heterocycles. The van der Waals surface area contributed by atoms with E-state index in [0.717, 1.165) is 35.0 Å². The second-order valence-corrected chi connectivity index (χ2v) is 5.23. The predicted octanol–water partition coefficient (Wildman–Crippen LogP) is 4.02. The second-order valence-electron chi connectivity index (χ2n) is 5.23. The van der Waals surface area contributed by atoms with Gasteiger partial charge in [0.25, 0.3) is 0 Å². The highest BCUT2D eigenvalue weighted by molar-refractivity contribution is 5.96. The minimum absolute atomic E-state index is 0.167. The molecule has 0 fully saturated rings. The van der Waals surface area contributed by atoms with Crippen molar-refractivity contribution in [3.05, 3.63) is 59.2 Å². The highest BCUT2D eigenvalue weighted by Gasteiger charge is 2.16. The summed E-state index contributed by atoms with van der Waals surface area (Å²) in [4.78, 5) is 12.1. The summed E-state index contributed by atoms with van der Waals surface area (Å²) in [6.07, 6.45) is 0. The highest BCUT2D eigenvalue weighted by Crippen LogP contribution is 2.20. The molecule has 0 saturated heterocycles. The van der Waals surface area contributed by atoms with Crippen LogP contribution in [0, 0.1) is 25.5 Å². The maximum atomic E-state index is 13.5. The van der Waals surface area contributed by atoms with Crippen molar-refractivity contribution < 1.29 is 13.6 Å². The van der Waals surface area contributed by atoms with Gasteiger partial charge in [-0.05, 0) is 50.1 Å². The maximum absolute atomic E-state index is 13.5. The van der Waals surface area contributed by atoms with Crippen LogP contribution in [0.5, 0.6) is 0 Å². The first-order chi connectivity index (χ1) is 10.4. The largest absolute Gasteiger partial charge is 0.374 e. The fraction of sp³-hybridized carbons (Fsp3) is 0.235. The number of carbonyl (C=O) groups is 1. The van der Waals surface area contributed by atoms with Crippen LogP contribution in [0.25, 0.3) is 0 Å². The van der Waals surface area contributed by atoms with Gasteiger partial charge in [0, 0.05) is 11.8 Å². The number of hydrogen-bond acceptors (Lipinski definition) is 2. The van der Waals surface area contributed by atoms with Crippen molar-refractivity contribution in [2.24, 2.45) is 0 Å². The Balaban J connectivity index is 2.09. The van der Waals surface area contributed by atoms with Crippen LogP contribution in [-0.4, -0.2) is 11.9 Å². The number of carbonyl (C=O) groups excluding carboxylic acids is 1. The van der Waals surface area contributed by atoms with Crippen LogP contribution in [0.2, 0.25) is 0 Å². The van der Waals surface area contributed by atoms with E-state index in [1.54, 1.807) is 6.92 Å². The molecule has 0 aliphatic heterocycles. The Labute approximate surface area is 128 Å². The molecule has 116 valence electrons. The molecular weight excluding hydrogens is 286 g/mol. The lowest BCUT2D eigenvalue weighted by molar-refractivity contribution is -0.116. The molecule has 3 nitrogen and oxygen atoms in total. The van der Waals surface area contributed by atoms with Gasteiger partial charge in [0.1, 0.15) is 17.7 Å². The van der Waals surface area contributed by atoms with Crippen molar-refractivity contribution in [2.45, 2.75) is 26.8 Å². The monoisotopic (exact) mass is 304 g/mol. The number of aryl methyl sites for hydroxylation is 1. The van der Waals surface area contributed by atoms with Crippen LogP contribution in [0.4, 0.5) is 20.2 Å². The number of nitrogens with one attached hydrogen (secondary N) is 2. The van der Waals surface area contributed by atoms with E-state index in [9.17, 15) is 13.6 Å². The lowest BCUT2D eigenvalue weighted by atomic mass is 10.1. The summed E-state index contributed by atoms with van der Waals surface area (Å²) in [6.45, 7) is 5.59. The third-order valence-electron chi connectivity index (χ3n) is 3.56. The van der Waals surface area contributed by atoms with E-state index in [1.807, 2.05) is 32.0 Å². The van der Waals surface area contributed by atoms with Crippen molar-refractivity contribution in [3.63, 3.8) is 0 Å². The van der Waals surface area contributed by atoms with Crippen LogP contribution >= 0.6 is 0 Å². The minimum atomic E-state index is -0.673. The molecule has 2 N–H and O–H groups in total. The van der Waals surface area contributed by atoms with E-state index < -0.39 is 23.6 Å². The Kier molecular flexibility index (Phi) is 4.75. The standard InChI is InChI=1S/C17H18F2N2O/c1-10-5-4-6-15(11(10)2)20-12(3)17(22)21-16-9-13(18)7-8-14(16)19/h4-9,12,20H,1-3H3,(H,21,22). The summed E-state index contributed by atoms with van der Waals surface area (Å²) in [5.74, 6) is -1.72. The molecule has 0 spiro atoms. The fourth-order valence-corrected chi connectivity index (χ4v) is 2.04. The molecule has 1 unspecified atom stereocenters. The maximum Gasteiger partial charge on any atom is 0.246 e. The summed E-state index contributed by atoms with van der Waals surface area (Å²) in [5, 5.41) is 5.47. The zero-order chi connectivity index (χ0) is 16.3. The molecule has 0 aromatic heterocycles. The summed E-state index contributed by atoms with van der Waals surface area (Å²) < 4.78 is 26.6. The Morgan fingerprint density at radius 1 is 1.09 bits per heavy atom. The van der Waals surface area contributed by atoms with Gasteiger partial charge < -0.3 is 10.6 Å². The van der Waals surface area contributed by atoms with Crippen molar-refractivity contribution in [2.75, 3.05) is 10.6 Å². The Hall–Kier alpha value is -2.43. The van der Waals surface area contributed by atoms with Gasteiger partial charge in [-0.3, -0.25) is 4.79 Å². The van der Waals surface area contributed by atoms with E-state index in [0.29, 0.717) is 0 Å². The lowest BCUT2D eigenvalue weighted by Gasteiger charge is -2.18. The Morgan fingerprint density at radius 2 is 1.82 bits per heavy atom. The van der Waals surface area contributed by atoms with E-state index in [2.05, 4.69) is 10.6 Å². The Bertz CT molecular complexity index is 701. The van der Waals surface area contributed by atoms with E-state index in [-0.39, 0.29) is 5.69 Å². The van der Waals surface area contributed by atoms with Gasteiger partial charge in [-0.1, -0.05) is 12.1 Å². The molecular formula is C17H18F2N2O. The molecule has 5 heteroatoms. The molecule has 0 radical (unpaired) electrons. The molecule has 0 aliphatic carbocycles. The van der Waals surface area contributed by atoms with Crippen molar-refractivity contribution in [3.8, 4) is 0 Å². The topological polar surface area (TPSA) is 41.1 Å². The van der Waals surface area contributed by atoms with Gasteiger partial charge in [0.2, 0.25) is 5.91 Å². The molecule has 1 amide bonds. The number of amides is 1. The van der Waals surface area contributed by atoms with Gasteiger partial charge >= 0.3 is 0 Å². The second kappa shape index (κ2) is 6.56. The molecule has 0 aliphatic rings. The Morgan fingerprint density at radius 3 is 2.55 bits per heavy atom. The third-order valence-corrected chi connectivity index (χ3v) is 3.56. The smallest absolute Gasteiger partial charge is 0.246 e. The molecule has 2 aromatic carbocycles. The first kappa shape index (κ1) is 15.9. The summed E-state index contributed by atoms with van der Waals surface area (Å²) in [5.41, 5.74) is 2.81. The average Bonchev–Trinajstić information content (AvgIpc) is 2.47. The highest BCUT2D eigenvalue weighted by atomic mass is 19.1. The average molecular weight is 304 g/mol. The normalized spacial score (nSPS) is 11.9. The lowest BCUT2D eigenvalue weighted by Crippen LogP contribution is -2.32. The van der Waals surface area contributed by atoms with Gasteiger partial charge in [-0.15, -0.1) is 0 Å². The zero-order valence-electron chi connectivity index (χ0n) is 12.7. The van der Waals surface area contributed by atoms with Crippen molar-refractivity contribution in [1.82, 2.24) is 0 Å². The number of benzene rings is 2. The van der Waals surface area contributed by atoms with Gasteiger partial charge in [0.15, 0.2) is 0 Å². The van der Waals surface area contributed by atoms with E-state index >= 15 is 0 Å². The molecule has 22 heavy (non-hydrogen) atoms. The summed E-state index contributed by atoms with van der Waals surface area (Å²) in [6, 6.07) is 8.08. The van der Waals surface area contributed by atoms with Crippen molar-refractivity contribution >= 4 is 17.3 Å². The van der Waals surface area contributed by atoms with Crippen LogP contribution in [0.15, 0.2) is 36.4 Å². The molecule has 0 bridgehead atoms. The first-order valence-corrected chi connectivity index (χ1v) is 6.97. The van der Waals surface area contributed by atoms with Crippen LogP contribution < -0.4 is 10.6 Å². The van der Waals surface area contributed by atoms with Gasteiger partial charge in [0.05, 0.1) is 5.69 Å². The third kappa shape index (κ3) is 3.61. The van der Waals surface area contributed by atoms with Gasteiger partial charge in [-0.2, -0.15) is 0 Å². The number of anilines is 2. The predicted molar refractivity (Wildman–Crippen MR) is 84.0 cm³/mol. The fourth-order valence-electron chi connectivity index (χ4n) is 2.04. The van der Waals surface area contributed by atoms with Crippen LogP contribution in [-0.2, 0) is 4.79 Å². The summed E-state index contributed by atoms with van der Waals surface area (Å²) in [7, 11) is 0.